The number of aryl methyl sites for hydroxylation is 2. The van der Waals surface area contributed by atoms with Gasteiger partial charge in [0.2, 0.25) is 5.91 Å². The minimum atomic E-state index is -1.58. The zero-order chi connectivity index (χ0) is 21.2. The van der Waals surface area contributed by atoms with Crippen molar-refractivity contribution in [3.05, 3.63) is 59.1 Å². The minimum absolute atomic E-state index is 0.254. The molecule has 3 aromatic rings. The van der Waals surface area contributed by atoms with E-state index in [1.807, 2.05) is 19.1 Å². The molecule has 1 unspecified atom stereocenters. The number of ether oxygens (including phenoxy) is 1. The first-order chi connectivity index (χ1) is 13.7. The summed E-state index contributed by atoms with van der Waals surface area (Å²) >= 11 is 0. The molecule has 2 aromatic heterocycles. The lowest BCUT2D eigenvalue weighted by Gasteiger charge is -2.24. The van der Waals surface area contributed by atoms with Gasteiger partial charge >= 0.3 is 0 Å². The molecule has 0 radical (unpaired) electrons. The summed E-state index contributed by atoms with van der Waals surface area (Å²) in [4.78, 5) is 28.7. The Balaban J connectivity index is 1.89. The lowest BCUT2D eigenvalue weighted by Crippen LogP contribution is -2.57. The van der Waals surface area contributed by atoms with Crippen molar-refractivity contribution in [3.63, 3.8) is 0 Å². The molecule has 152 valence electrons. The summed E-state index contributed by atoms with van der Waals surface area (Å²) < 4.78 is 11.5. The molecule has 0 spiro atoms. The van der Waals surface area contributed by atoms with Gasteiger partial charge in [0.1, 0.15) is 29.2 Å². The van der Waals surface area contributed by atoms with Crippen LogP contribution in [0.4, 0.5) is 0 Å². The van der Waals surface area contributed by atoms with Gasteiger partial charge < -0.3 is 25.3 Å². The second kappa shape index (κ2) is 7.92. The average Bonchev–Trinajstić information content (AvgIpc) is 3.02. The van der Waals surface area contributed by atoms with Crippen LogP contribution in [-0.2, 0) is 11.4 Å². The molecule has 8 heteroatoms. The summed E-state index contributed by atoms with van der Waals surface area (Å²) in [7, 11) is 0. The smallest absolute Gasteiger partial charge is 0.256 e. The summed E-state index contributed by atoms with van der Waals surface area (Å²) in [6.07, 6.45) is 1.72. The summed E-state index contributed by atoms with van der Waals surface area (Å²) in [5.41, 5.74) is 6.30. The number of carbonyl (C=O) groups is 2. The van der Waals surface area contributed by atoms with E-state index in [2.05, 4.69) is 10.3 Å². The molecule has 0 bridgehead atoms. The van der Waals surface area contributed by atoms with Crippen LogP contribution >= 0.6 is 0 Å². The molecule has 0 aliphatic heterocycles. The summed E-state index contributed by atoms with van der Waals surface area (Å²) in [6, 6.07) is 8.94. The third kappa shape index (κ3) is 4.07. The molecule has 0 aliphatic rings. The van der Waals surface area contributed by atoms with Gasteiger partial charge in [0.15, 0.2) is 0 Å². The van der Waals surface area contributed by atoms with Gasteiger partial charge in [0.05, 0.1) is 12.2 Å². The van der Waals surface area contributed by atoms with E-state index < -0.39 is 24.0 Å². The second-order valence-electron chi connectivity index (χ2n) is 7.04. The van der Waals surface area contributed by atoms with Crippen molar-refractivity contribution in [1.29, 1.82) is 0 Å². The lowest BCUT2D eigenvalue weighted by atomic mass is 10.0. The van der Waals surface area contributed by atoms with E-state index in [-0.39, 0.29) is 5.56 Å². The molecule has 2 amide bonds. The summed E-state index contributed by atoms with van der Waals surface area (Å²) in [5, 5.41) is 12.5. The Labute approximate surface area is 167 Å². The van der Waals surface area contributed by atoms with Crippen molar-refractivity contribution in [2.24, 2.45) is 5.73 Å². The number of nitrogens with two attached hydrogens (primary N) is 1. The quantitative estimate of drug-likeness (QED) is 0.559. The molecular formula is C21H23N3O5. The second-order valence-corrected chi connectivity index (χ2v) is 7.04. The normalized spacial score (nSPS) is 13.1. The van der Waals surface area contributed by atoms with Crippen LogP contribution in [0.3, 0.4) is 0 Å². The highest BCUT2D eigenvalue weighted by molar-refractivity contribution is 6.09. The summed E-state index contributed by atoms with van der Waals surface area (Å²) in [6.45, 7) is 4.61. The largest absolute Gasteiger partial charge is 0.489 e. The van der Waals surface area contributed by atoms with Crippen LogP contribution in [0.2, 0.25) is 0 Å². The predicted molar refractivity (Wildman–Crippen MR) is 106 cm³/mol. The molecule has 0 saturated carbocycles. The highest BCUT2D eigenvalue weighted by atomic mass is 16.5. The number of fused-ring (bicyclic) bond motifs is 1. The number of primary amides is 1. The van der Waals surface area contributed by atoms with Gasteiger partial charge in [0, 0.05) is 22.8 Å². The maximum Gasteiger partial charge on any atom is 0.256 e. The van der Waals surface area contributed by atoms with E-state index in [0.717, 1.165) is 11.3 Å². The predicted octanol–water partition coefficient (Wildman–Crippen LogP) is 1.99. The van der Waals surface area contributed by atoms with E-state index in [9.17, 15) is 14.7 Å². The van der Waals surface area contributed by atoms with E-state index in [4.69, 9.17) is 14.9 Å². The Morgan fingerprint density at radius 2 is 2.07 bits per heavy atom. The number of aliphatic hydroxyl groups is 1. The van der Waals surface area contributed by atoms with Crippen LogP contribution in [0.15, 0.2) is 40.9 Å². The van der Waals surface area contributed by atoms with E-state index >= 15 is 0 Å². The van der Waals surface area contributed by atoms with Crippen molar-refractivity contribution in [1.82, 2.24) is 10.3 Å². The number of rotatable bonds is 7. The number of carbonyl (C=O) groups excluding carboxylic acids is 2. The zero-order valence-electron chi connectivity index (χ0n) is 16.5. The Hall–Kier alpha value is -3.39. The molecule has 2 heterocycles. The standard InChI is InChI=1S/C21H23N3O5/c1-12-14(5-4-8-23-12)10-28-15-6-7-17-16(9-15)18(13(2)29-17)19(26)24-21(3,11-25)20(22)27/h4-9,25H,10-11H2,1-3H3,(H2,22,27)(H,24,26). The molecule has 0 fully saturated rings. The highest BCUT2D eigenvalue weighted by Gasteiger charge is 2.34. The van der Waals surface area contributed by atoms with Crippen molar-refractivity contribution >= 4 is 22.8 Å². The van der Waals surface area contributed by atoms with Gasteiger partial charge in [-0.05, 0) is 45.0 Å². The molecule has 1 aromatic carbocycles. The SMILES string of the molecule is Cc1ncccc1COc1ccc2oc(C)c(C(=O)NC(C)(CO)C(N)=O)c2c1. The molecular weight excluding hydrogens is 374 g/mol. The van der Waals surface area contributed by atoms with Gasteiger partial charge in [-0.3, -0.25) is 14.6 Å². The van der Waals surface area contributed by atoms with Crippen molar-refractivity contribution in [2.45, 2.75) is 32.9 Å². The fraction of sp³-hybridized carbons (Fsp3) is 0.286. The van der Waals surface area contributed by atoms with E-state index in [0.29, 0.717) is 29.1 Å². The fourth-order valence-corrected chi connectivity index (χ4v) is 2.89. The molecule has 29 heavy (non-hydrogen) atoms. The Kier molecular flexibility index (Phi) is 5.56. The molecule has 0 aliphatic carbocycles. The van der Waals surface area contributed by atoms with Gasteiger partial charge in [-0.2, -0.15) is 0 Å². The Bertz CT molecular complexity index is 1080. The van der Waals surface area contributed by atoms with Crippen molar-refractivity contribution in [3.8, 4) is 5.75 Å². The molecule has 1 atom stereocenters. The van der Waals surface area contributed by atoms with Crippen molar-refractivity contribution < 1.29 is 23.8 Å². The Morgan fingerprint density at radius 1 is 1.31 bits per heavy atom. The van der Waals surface area contributed by atoms with Gasteiger partial charge in [0.25, 0.3) is 5.91 Å². The number of nitrogens with one attached hydrogen (secondary N) is 1. The fourth-order valence-electron chi connectivity index (χ4n) is 2.89. The molecule has 4 N–H and O–H groups in total. The third-order valence-electron chi connectivity index (χ3n) is 4.82. The summed E-state index contributed by atoms with van der Waals surface area (Å²) in [5.74, 6) is -0.482. The van der Waals surface area contributed by atoms with Gasteiger partial charge in [-0.25, -0.2) is 0 Å². The number of hydrogen-bond acceptors (Lipinski definition) is 6. The maximum absolute atomic E-state index is 12.8. The minimum Gasteiger partial charge on any atom is -0.489 e. The van der Waals surface area contributed by atoms with Crippen LogP contribution in [-0.4, -0.2) is 34.1 Å². The first kappa shape index (κ1) is 20.3. The highest BCUT2D eigenvalue weighted by Crippen LogP contribution is 2.30. The first-order valence-corrected chi connectivity index (χ1v) is 9.05. The first-order valence-electron chi connectivity index (χ1n) is 9.05. The number of amides is 2. The number of aliphatic hydroxyl groups excluding tert-OH is 1. The molecule has 0 saturated heterocycles. The van der Waals surface area contributed by atoms with Crippen LogP contribution in [0.25, 0.3) is 11.0 Å². The van der Waals surface area contributed by atoms with Gasteiger partial charge in [-0.1, -0.05) is 6.07 Å². The lowest BCUT2D eigenvalue weighted by molar-refractivity contribution is -0.124. The number of hydrogen-bond donors (Lipinski definition) is 3. The number of benzene rings is 1. The zero-order valence-corrected chi connectivity index (χ0v) is 16.5. The average molecular weight is 397 g/mol. The maximum atomic E-state index is 12.8. The van der Waals surface area contributed by atoms with E-state index in [1.165, 1.54) is 6.92 Å². The number of furan rings is 1. The monoisotopic (exact) mass is 397 g/mol. The van der Waals surface area contributed by atoms with Gasteiger partial charge in [-0.15, -0.1) is 0 Å². The number of nitrogens with zero attached hydrogens (tertiary/aromatic N) is 1. The van der Waals surface area contributed by atoms with Crippen LogP contribution in [0.1, 0.15) is 34.3 Å². The van der Waals surface area contributed by atoms with Crippen molar-refractivity contribution in [2.75, 3.05) is 6.61 Å². The number of pyridine rings is 1. The number of aromatic nitrogens is 1. The molecule has 8 nitrogen and oxygen atoms in total. The van der Waals surface area contributed by atoms with Crippen LogP contribution < -0.4 is 15.8 Å². The molecule has 3 rings (SSSR count). The van der Waals surface area contributed by atoms with Crippen LogP contribution in [0, 0.1) is 13.8 Å². The Morgan fingerprint density at radius 3 is 2.72 bits per heavy atom. The van der Waals surface area contributed by atoms with E-state index in [1.54, 1.807) is 31.3 Å². The van der Waals surface area contributed by atoms with Crippen LogP contribution in [0.5, 0.6) is 5.75 Å². The topological polar surface area (TPSA) is 128 Å². The third-order valence-corrected chi connectivity index (χ3v) is 4.82.